The van der Waals surface area contributed by atoms with Crippen molar-refractivity contribution >= 4 is 34.8 Å². The van der Waals surface area contributed by atoms with Crippen molar-refractivity contribution in [2.45, 2.75) is 32.1 Å². The number of hydrogen-bond acceptors (Lipinski definition) is 3. The summed E-state index contributed by atoms with van der Waals surface area (Å²) in [6.07, 6.45) is -4.20. The van der Waals surface area contributed by atoms with E-state index in [1.165, 1.54) is 18.7 Å². The monoisotopic (exact) mass is 413 g/mol. The molecule has 0 aliphatic carbocycles. The van der Waals surface area contributed by atoms with Crippen LogP contribution in [0.5, 0.6) is 0 Å². The summed E-state index contributed by atoms with van der Waals surface area (Å²) in [7, 11) is 0. The summed E-state index contributed by atoms with van der Waals surface area (Å²) in [5.41, 5.74) is -2.64. The molecule has 28 heavy (non-hydrogen) atoms. The first kappa shape index (κ1) is 19.9. The van der Waals surface area contributed by atoms with E-state index in [-0.39, 0.29) is 0 Å². The second kappa shape index (κ2) is 6.66. The lowest BCUT2D eigenvalue weighted by atomic mass is 9.96. The molecule has 10 heteroatoms. The first-order valence-corrected chi connectivity index (χ1v) is 8.51. The molecule has 1 N–H and O–H groups in total. The van der Waals surface area contributed by atoms with Gasteiger partial charge in [-0.2, -0.15) is 13.2 Å². The van der Waals surface area contributed by atoms with Crippen LogP contribution < -0.4 is 15.8 Å². The van der Waals surface area contributed by atoms with E-state index in [1.807, 2.05) is 0 Å². The maximum absolute atomic E-state index is 13.0. The fourth-order valence-electron chi connectivity index (χ4n) is 2.99. The van der Waals surface area contributed by atoms with Crippen LogP contribution in [0.3, 0.4) is 0 Å². The molecule has 0 atom stereocenters. The summed E-state index contributed by atoms with van der Waals surface area (Å²) < 4.78 is 39.7. The van der Waals surface area contributed by atoms with E-state index in [2.05, 4.69) is 5.32 Å². The molecule has 2 aromatic rings. The zero-order valence-corrected chi connectivity index (χ0v) is 15.6. The molecule has 0 saturated heterocycles. The Morgan fingerprint density at radius 1 is 1.21 bits per heavy atom. The molecule has 1 aliphatic heterocycles. The van der Waals surface area contributed by atoms with Gasteiger partial charge < -0.3 is 9.88 Å². The van der Waals surface area contributed by atoms with E-state index in [1.54, 1.807) is 24.3 Å². The first-order chi connectivity index (χ1) is 12.9. The molecular formula is C18H15ClF3N3O3. The lowest BCUT2D eigenvalue weighted by Gasteiger charge is -2.42. The quantitative estimate of drug-likeness (QED) is 0.821. The van der Waals surface area contributed by atoms with E-state index < -0.39 is 46.2 Å². The van der Waals surface area contributed by atoms with Gasteiger partial charge in [-0.3, -0.25) is 19.3 Å². The van der Waals surface area contributed by atoms with Crippen LogP contribution >= 0.6 is 11.6 Å². The van der Waals surface area contributed by atoms with Gasteiger partial charge in [0.25, 0.3) is 5.56 Å². The van der Waals surface area contributed by atoms with Gasteiger partial charge in [-0.05, 0) is 32.0 Å². The molecule has 1 aromatic carbocycles. The Balaban J connectivity index is 2.05. The highest BCUT2D eigenvalue weighted by Crippen LogP contribution is 2.37. The summed E-state index contributed by atoms with van der Waals surface area (Å²) in [6.45, 7) is 2.28. The van der Waals surface area contributed by atoms with Crippen LogP contribution in [0.2, 0.25) is 5.02 Å². The minimum absolute atomic E-state index is 0.378. The van der Waals surface area contributed by atoms with Crippen molar-refractivity contribution in [3.05, 3.63) is 57.5 Å². The molecule has 0 bridgehead atoms. The summed E-state index contributed by atoms with van der Waals surface area (Å²) >= 11 is 5.63. The molecule has 3 rings (SSSR count). The number of fused-ring (bicyclic) bond motifs is 1. The molecule has 0 fully saturated rings. The van der Waals surface area contributed by atoms with E-state index in [0.717, 1.165) is 0 Å². The molecule has 2 amide bonds. The maximum Gasteiger partial charge on any atom is 0.417 e. The number of amides is 2. The Labute approximate surface area is 162 Å². The van der Waals surface area contributed by atoms with Crippen molar-refractivity contribution in [1.82, 2.24) is 4.57 Å². The summed E-state index contributed by atoms with van der Waals surface area (Å²) in [5, 5.41) is 2.02. The second-order valence-corrected chi connectivity index (χ2v) is 7.17. The molecule has 148 valence electrons. The number of halogens is 4. The van der Waals surface area contributed by atoms with Crippen LogP contribution in [0.15, 0.2) is 41.3 Å². The van der Waals surface area contributed by atoms with E-state index in [0.29, 0.717) is 28.2 Å². The van der Waals surface area contributed by atoms with Crippen molar-refractivity contribution in [2.75, 3.05) is 10.2 Å². The van der Waals surface area contributed by atoms with Gasteiger partial charge in [-0.15, -0.1) is 0 Å². The standard InChI is InChI=1S/C18H15ClF3N3O3/c1-17(2)16(28)23-12-5-3-4-6-13(12)25(17)14(26)9-24-8-10(18(20,21)22)7-11(19)15(24)27/h3-8H,9H2,1-2H3,(H,23,28). The number of carbonyl (C=O) groups excluding carboxylic acids is 2. The average molecular weight is 414 g/mol. The highest BCUT2D eigenvalue weighted by Gasteiger charge is 2.43. The molecule has 0 unspecified atom stereocenters. The number of carbonyl (C=O) groups is 2. The Hall–Kier alpha value is -2.81. The Morgan fingerprint density at radius 3 is 2.50 bits per heavy atom. The number of para-hydroxylation sites is 2. The fraction of sp³-hybridized carbons (Fsp3) is 0.278. The third-order valence-electron chi connectivity index (χ3n) is 4.43. The van der Waals surface area contributed by atoms with Crippen LogP contribution in [0.25, 0.3) is 0 Å². The third-order valence-corrected chi connectivity index (χ3v) is 4.70. The van der Waals surface area contributed by atoms with Crippen molar-refractivity contribution < 1.29 is 22.8 Å². The van der Waals surface area contributed by atoms with Gasteiger partial charge in [0.2, 0.25) is 11.8 Å². The second-order valence-electron chi connectivity index (χ2n) is 6.77. The molecule has 2 heterocycles. The van der Waals surface area contributed by atoms with Crippen LogP contribution in [0.1, 0.15) is 19.4 Å². The highest BCUT2D eigenvalue weighted by molar-refractivity contribution is 6.30. The normalized spacial score (nSPS) is 15.8. The van der Waals surface area contributed by atoms with Gasteiger partial charge in [0, 0.05) is 6.20 Å². The zero-order valence-electron chi connectivity index (χ0n) is 14.8. The zero-order chi connectivity index (χ0) is 20.9. The number of benzene rings is 1. The number of alkyl halides is 3. The smallest absolute Gasteiger partial charge is 0.322 e. The number of rotatable bonds is 2. The van der Waals surface area contributed by atoms with Gasteiger partial charge >= 0.3 is 6.18 Å². The topological polar surface area (TPSA) is 71.4 Å². The highest BCUT2D eigenvalue weighted by atomic mass is 35.5. The van der Waals surface area contributed by atoms with Crippen LogP contribution in [-0.4, -0.2) is 21.9 Å². The predicted octanol–water partition coefficient (Wildman–Crippen LogP) is 3.28. The largest absolute Gasteiger partial charge is 0.417 e. The number of nitrogens with one attached hydrogen (secondary N) is 1. The Kier molecular flexibility index (Phi) is 4.74. The van der Waals surface area contributed by atoms with E-state index in [4.69, 9.17) is 11.6 Å². The molecule has 6 nitrogen and oxygen atoms in total. The number of pyridine rings is 1. The van der Waals surface area contributed by atoms with Crippen LogP contribution in [0.4, 0.5) is 24.5 Å². The van der Waals surface area contributed by atoms with Gasteiger partial charge in [-0.1, -0.05) is 23.7 Å². The maximum atomic E-state index is 13.0. The van der Waals surface area contributed by atoms with Crippen molar-refractivity contribution in [2.24, 2.45) is 0 Å². The summed E-state index contributed by atoms with van der Waals surface area (Å²) in [5.74, 6) is -1.20. The number of hydrogen-bond donors (Lipinski definition) is 1. The molecule has 1 aromatic heterocycles. The van der Waals surface area contributed by atoms with Gasteiger partial charge in [0.05, 0.1) is 16.9 Å². The van der Waals surface area contributed by atoms with Crippen LogP contribution in [-0.2, 0) is 22.3 Å². The SMILES string of the molecule is CC1(C)C(=O)Nc2ccccc2N1C(=O)Cn1cc(C(F)(F)F)cc(Cl)c1=O. The number of nitrogens with zero attached hydrogens (tertiary/aromatic N) is 2. The van der Waals surface area contributed by atoms with Crippen molar-refractivity contribution in [3.63, 3.8) is 0 Å². The minimum Gasteiger partial charge on any atom is -0.322 e. The molecule has 0 radical (unpaired) electrons. The predicted molar refractivity (Wildman–Crippen MR) is 97.4 cm³/mol. The Morgan fingerprint density at radius 2 is 1.86 bits per heavy atom. The number of aromatic nitrogens is 1. The summed E-state index contributed by atoms with van der Waals surface area (Å²) in [6, 6.07) is 7.02. The lowest BCUT2D eigenvalue weighted by molar-refractivity contribution is -0.138. The van der Waals surface area contributed by atoms with Gasteiger partial charge in [0.15, 0.2) is 0 Å². The van der Waals surface area contributed by atoms with E-state index >= 15 is 0 Å². The molecule has 0 spiro atoms. The third kappa shape index (κ3) is 3.37. The molecule has 0 saturated carbocycles. The minimum atomic E-state index is -4.74. The van der Waals surface area contributed by atoms with E-state index in [9.17, 15) is 27.6 Å². The lowest BCUT2D eigenvalue weighted by Crippen LogP contribution is -2.59. The molecular weight excluding hydrogens is 399 g/mol. The first-order valence-electron chi connectivity index (χ1n) is 8.13. The number of anilines is 2. The fourth-order valence-corrected chi connectivity index (χ4v) is 3.21. The summed E-state index contributed by atoms with van der Waals surface area (Å²) in [4.78, 5) is 38.7. The Bertz CT molecular complexity index is 1030. The van der Waals surface area contributed by atoms with Crippen molar-refractivity contribution in [3.8, 4) is 0 Å². The molecule has 1 aliphatic rings. The average Bonchev–Trinajstić information content (AvgIpc) is 2.58. The van der Waals surface area contributed by atoms with Gasteiger partial charge in [0.1, 0.15) is 17.1 Å². The van der Waals surface area contributed by atoms with Gasteiger partial charge in [-0.25, -0.2) is 0 Å². The van der Waals surface area contributed by atoms with Crippen molar-refractivity contribution in [1.29, 1.82) is 0 Å². The van der Waals surface area contributed by atoms with Crippen LogP contribution in [0, 0.1) is 0 Å².